The van der Waals surface area contributed by atoms with Crippen LogP contribution in [0.4, 0.5) is 10.9 Å². The monoisotopic (exact) mass is 484 g/mol. The number of thioether (sulfide) groups is 1. The van der Waals surface area contributed by atoms with Crippen molar-refractivity contribution >= 4 is 34.0 Å². The lowest BCUT2D eigenvalue weighted by molar-refractivity contribution is 0.0527. The molecule has 170 valence electrons. The molecule has 4 aromatic rings. The quantitative estimate of drug-likeness (QED) is 0.319. The van der Waals surface area contributed by atoms with E-state index < -0.39 is 5.60 Å². The van der Waals surface area contributed by atoms with Gasteiger partial charge in [0.05, 0.1) is 17.0 Å². The minimum Gasteiger partial charge on any atom is -0.379 e. The normalized spacial score (nSPS) is 13.6. The molecule has 0 bridgehead atoms. The fraction of sp³-hybridized carbons (Fsp3) is 0.111. The number of benzene rings is 2. The van der Waals surface area contributed by atoms with Gasteiger partial charge in [0.2, 0.25) is 0 Å². The van der Waals surface area contributed by atoms with E-state index in [9.17, 15) is 5.11 Å². The van der Waals surface area contributed by atoms with Crippen molar-refractivity contribution in [1.29, 1.82) is 0 Å². The van der Waals surface area contributed by atoms with Crippen LogP contribution in [0, 0.1) is 0 Å². The number of nitrogens with zero attached hydrogens (tertiary/aromatic N) is 3. The van der Waals surface area contributed by atoms with Gasteiger partial charge in [0.1, 0.15) is 11.4 Å². The number of thiazole rings is 1. The first-order valence-electron chi connectivity index (χ1n) is 11.0. The number of β-amino-alcohol motifs (C(OH)–C–C–N with tert-alkyl or cyclic N) is 1. The van der Waals surface area contributed by atoms with Crippen LogP contribution < -0.4 is 5.32 Å². The average molecular weight is 485 g/mol. The molecule has 2 N–H and O–H groups in total. The smallest absolute Gasteiger partial charge is 0.189 e. The third-order valence-corrected chi connectivity index (χ3v) is 7.57. The van der Waals surface area contributed by atoms with E-state index in [1.807, 2.05) is 85.1 Å². The van der Waals surface area contributed by atoms with E-state index in [0.717, 1.165) is 37.7 Å². The van der Waals surface area contributed by atoms with Gasteiger partial charge in [-0.1, -0.05) is 95.9 Å². The number of aliphatic hydroxyl groups is 1. The van der Waals surface area contributed by atoms with Crippen LogP contribution in [0.2, 0.25) is 0 Å². The summed E-state index contributed by atoms with van der Waals surface area (Å²) in [6.07, 6.45) is 9.98. The third-order valence-electron chi connectivity index (χ3n) is 5.51. The molecule has 5 nitrogen and oxygen atoms in total. The van der Waals surface area contributed by atoms with Gasteiger partial charge >= 0.3 is 0 Å². The Morgan fingerprint density at radius 2 is 1.65 bits per heavy atom. The van der Waals surface area contributed by atoms with Crippen molar-refractivity contribution < 1.29 is 5.11 Å². The predicted octanol–water partition coefficient (Wildman–Crippen LogP) is 6.02. The van der Waals surface area contributed by atoms with Crippen LogP contribution >= 0.6 is 23.1 Å². The summed E-state index contributed by atoms with van der Waals surface area (Å²) in [4.78, 5) is 12.0. The van der Waals surface area contributed by atoms with E-state index in [2.05, 4.69) is 38.5 Å². The second kappa shape index (κ2) is 10.3. The summed E-state index contributed by atoms with van der Waals surface area (Å²) in [5, 5.41) is 15.9. The Hall–Kier alpha value is -3.39. The molecular weight excluding hydrogens is 460 g/mol. The van der Waals surface area contributed by atoms with Crippen molar-refractivity contribution in [2.75, 3.05) is 18.4 Å². The van der Waals surface area contributed by atoms with E-state index in [1.165, 1.54) is 0 Å². The first kappa shape index (κ1) is 22.4. The number of anilines is 2. The van der Waals surface area contributed by atoms with Gasteiger partial charge in [-0.2, -0.15) is 0 Å². The molecule has 0 saturated carbocycles. The number of rotatable bonds is 8. The molecule has 1 aliphatic heterocycles. The van der Waals surface area contributed by atoms with Crippen molar-refractivity contribution in [2.45, 2.75) is 9.81 Å². The van der Waals surface area contributed by atoms with Crippen LogP contribution in [0.25, 0.3) is 0 Å². The highest BCUT2D eigenvalue weighted by Crippen LogP contribution is 2.36. The largest absolute Gasteiger partial charge is 0.379 e. The van der Waals surface area contributed by atoms with Gasteiger partial charge < -0.3 is 15.3 Å². The van der Waals surface area contributed by atoms with Crippen molar-refractivity contribution in [2.24, 2.45) is 0 Å². The second-order valence-corrected chi connectivity index (χ2v) is 10.3. The number of allylic oxidation sites excluding steroid dienone is 1. The van der Waals surface area contributed by atoms with Gasteiger partial charge in [0.25, 0.3) is 0 Å². The summed E-state index contributed by atoms with van der Waals surface area (Å²) < 4.78 is 1.10. The Kier molecular flexibility index (Phi) is 6.76. The van der Waals surface area contributed by atoms with E-state index >= 15 is 0 Å². The van der Waals surface area contributed by atoms with Crippen molar-refractivity contribution in [3.8, 4) is 0 Å². The summed E-state index contributed by atoms with van der Waals surface area (Å²) in [5.41, 5.74) is 0.669. The first-order chi connectivity index (χ1) is 16.7. The molecule has 0 atom stereocenters. The number of nitrogens with one attached hydrogen (secondary N) is 1. The van der Waals surface area contributed by atoms with Gasteiger partial charge in [-0.3, -0.25) is 0 Å². The molecule has 2 aromatic carbocycles. The van der Waals surface area contributed by atoms with Gasteiger partial charge in [-0.05, 0) is 29.3 Å². The highest BCUT2D eigenvalue weighted by molar-refractivity contribution is 8.05. The minimum absolute atomic E-state index is 0.463. The summed E-state index contributed by atoms with van der Waals surface area (Å²) >= 11 is 3.29. The van der Waals surface area contributed by atoms with E-state index in [-0.39, 0.29) is 0 Å². The maximum atomic E-state index is 11.8. The molecule has 0 saturated heterocycles. The zero-order valence-corrected chi connectivity index (χ0v) is 20.0. The van der Waals surface area contributed by atoms with E-state index in [4.69, 9.17) is 0 Å². The highest BCUT2D eigenvalue weighted by atomic mass is 32.2. The van der Waals surface area contributed by atoms with Crippen LogP contribution in [0.1, 0.15) is 11.1 Å². The molecule has 2 aromatic heterocycles. The molecule has 3 heterocycles. The summed E-state index contributed by atoms with van der Waals surface area (Å²) in [6.45, 7) is 1.18. The lowest BCUT2D eigenvalue weighted by Crippen LogP contribution is -2.40. The van der Waals surface area contributed by atoms with Crippen LogP contribution in [-0.4, -0.2) is 33.1 Å². The van der Waals surface area contributed by atoms with Crippen molar-refractivity contribution in [1.82, 2.24) is 14.9 Å². The van der Waals surface area contributed by atoms with Crippen molar-refractivity contribution in [3.63, 3.8) is 0 Å². The lowest BCUT2D eigenvalue weighted by atomic mass is 9.85. The lowest BCUT2D eigenvalue weighted by Gasteiger charge is -2.35. The standard InChI is InChI=1S/C27H24N4OS2/c32-27(21-9-3-1-4-10-21,22-11-5-2-6-12-22)20-31-17-14-23(15-18-31)33-25-19-29-26(34-25)30-24-13-7-8-16-28-24/h1-17,19,32H,18,20H2,(H,28,29,30). The molecule has 0 unspecified atom stereocenters. The summed E-state index contributed by atoms with van der Waals surface area (Å²) in [6, 6.07) is 25.5. The Morgan fingerprint density at radius 3 is 2.26 bits per heavy atom. The zero-order chi connectivity index (χ0) is 23.2. The predicted molar refractivity (Wildman–Crippen MR) is 140 cm³/mol. The minimum atomic E-state index is -1.10. The molecule has 34 heavy (non-hydrogen) atoms. The highest BCUT2D eigenvalue weighted by Gasteiger charge is 2.33. The number of hydrogen-bond acceptors (Lipinski definition) is 7. The Bertz CT molecular complexity index is 1230. The maximum absolute atomic E-state index is 11.8. The molecule has 1 aliphatic rings. The van der Waals surface area contributed by atoms with Crippen LogP contribution in [0.3, 0.4) is 0 Å². The molecule has 7 heteroatoms. The third kappa shape index (κ3) is 5.22. The molecule has 0 radical (unpaired) electrons. The second-order valence-electron chi connectivity index (χ2n) is 7.87. The Balaban J connectivity index is 1.25. The number of pyridine rings is 1. The van der Waals surface area contributed by atoms with E-state index in [1.54, 1.807) is 29.3 Å². The van der Waals surface area contributed by atoms with Gasteiger partial charge in [0.15, 0.2) is 5.13 Å². The zero-order valence-electron chi connectivity index (χ0n) is 18.4. The first-order valence-corrected chi connectivity index (χ1v) is 12.6. The van der Waals surface area contributed by atoms with Crippen molar-refractivity contribution in [3.05, 3.63) is 126 Å². The fourth-order valence-corrected chi connectivity index (χ4v) is 5.68. The SMILES string of the molecule is OC(CN1C=CC(Sc2cnc(Nc3ccccn3)s2)=CC1)(c1ccccc1)c1ccccc1. The Morgan fingerprint density at radius 1 is 0.941 bits per heavy atom. The number of aromatic nitrogens is 2. The molecule has 0 amide bonds. The number of hydrogen-bond donors (Lipinski definition) is 2. The fourth-order valence-electron chi connectivity index (χ4n) is 3.81. The topological polar surface area (TPSA) is 61.3 Å². The Labute approximate surface area is 207 Å². The van der Waals surface area contributed by atoms with Gasteiger partial charge in [-0.15, -0.1) is 0 Å². The summed E-state index contributed by atoms with van der Waals surface area (Å²) in [5.74, 6) is 0.783. The van der Waals surface area contributed by atoms with Crippen LogP contribution in [0.15, 0.2) is 119 Å². The van der Waals surface area contributed by atoms with Gasteiger partial charge in [-0.25, -0.2) is 9.97 Å². The molecule has 0 fully saturated rings. The van der Waals surface area contributed by atoms with Crippen LogP contribution in [-0.2, 0) is 5.60 Å². The van der Waals surface area contributed by atoms with Crippen LogP contribution in [0.5, 0.6) is 0 Å². The molecular formula is C27H24N4OS2. The van der Waals surface area contributed by atoms with E-state index in [0.29, 0.717) is 6.54 Å². The maximum Gasteiger partial charge on any atom is 0.189 e. The molecule has 0 aliphatic carbocycles. The molecule has 5 rings (SSSR count). The summed E-state index contributed by atoms with van der Waals surface area (Å²) in [7, 11) is 0. The molecule has 0 spiro atoms. The van der Waals surface area contributed by atoms with Gasteiger partial charge in [0, 0.05) is 23.8 Å². The average Bonchev–Trinajstić information content (AvgIpc) is 3.33.